The first-order valence-corrected chi connectivity index (χ1v) is 6.83. The molecule has 0 aromatic carbocycles. The number of pyridine rings is 1. The maximum absolute atomic E-state index is 5.47. The fourth-order valence-electron chi connectivity index (χ4n) is 2.83. The zero-order chi connectivity index (χ0) is 13.1. The smallest absolute Gasteiger partial charge is 0.128 e. The zero-order valence-corrected chi connectivity index (χ0v) is 11.9. The number of aryl methyl sites for hydroxylation is 1. The quantitative estimate of drug-likeness (QED) is 0.870. The highest BCUT2D eigenvalue weighted by Gasteiger charge is 2.27. The Bertz CT molecular complexity index is 413. The number of likely N-dealkylation sites (N-methyl/N-ethyl adjacent to an activating group) is 1. The monoisotopic (exact) mass is 248 g/mol. The summed E-state index contributed by atoms with van der Waals surface area (Å²) in [5.74, 6) is 1.81. The van der Waals surface area contributed by atoms with Crippen molar-refractivity contribution in [3.8, 4) is 5.75 Å². The summed E-state index contributed by atoms with van der Waals surface area (Å²) in [6, 6.07) is 0.553. The Morgan fingerprint density at radius 1 is 1.44 bits per heavy atom. The number of nitrogens with one attached hydrogen (secondary N) is 1. The van der Waals surface area contributed by atoms with Gasteiger partial charge in [-0.05, 0) is 39.7 Å². The van der Waals surface area contributed by atoms with Crippen molar-refractivity contribution in [1.29, 1.82) is 0 Å². The third-order valence-electron chi connectivity index (χ3n) is 4.25. The molecule has 0 radical (unpaired) electrons. The minimum atomic E-state index is 0.553. The Morgan fingerprint density at radius 3 is 2.67 bits per heavy atom. The van der Waals surface area contributed by atoms with E-state index in [-0.39, 0.29) is 0 Å². The molecule has 0 amide bonds. The molecule has 1 aromatic rings. The summed E-state index contributed by atoms with van der Waals surface area (Å²) in [5, 5.41) is 3.45. The van der Waals surface area contributed by atoms with E-state index in [4.69, 9.17) is 4.74 Å². The van der Waals surface area contributed by atoms with Gasteiger partial charge >= 0.3 is 0 Å². The molecule has 100 valence electrons. The zero-order valence-electron chi connectivity index (χ0n) is 11.9. The molecule has 0 bridgehead atoms. The van der Waals surface area contributed by atoms with Gasteiger partial charge in [0.15, 0.2) is 0 Å². The van der Waals surface area contributed by atoms with Crippen molar-refractivity contribution in [2.24, 2.45) is 5.92 Å². The van der Waals surface area contributed by atoms with Crippen molar-refractivity contribution in [3.63, 3.8) is 0 Å². The van der Waals surface area contributed by atoms with Crippen molar-refractivity contribution >= 4 is 0 Å². The summed E-state index contributed by atoms with van der Waals surface area (Å²) >= 11 is 0. The second-order valence-corrected chi connectivity index (χ2v) is 5.34. The molecular weight excluding hydrogens is 224 g/mol. The first-order valence-electron chi connectivity index (χ1n) is 6.83. The molecule has 1 heterocycles. The third kappa shape index (κ3) is 2.51. The molecule has 3 nitrogen and oxygen atoms in total. The average molecular weight is 248 g/mol. The summed E-state index contributed by atoms with van der Waals surface area (Å²) < 4.78 is 5.47. The van der Waals surface area contributed by atoms with Crippen LogP contribution in [0.15, 0.2) is 6.20 Å². The molecule has 18 heavy (non-hydrogen) atoms. The molecular formula is C15H24N2O. The van der Waals surface area contributed by atoms with E-state index in [0.29, 0.717) is 6.04 Å². The molecule has 0 spiro atoms. The van der Waals surface area contributed by atoms with Crippen LogP contribution in [-0.2, 0) is 6.42 Å². The number of rotatable bonds is 5. The van der Waals surface area contributed by atoms with Gasteiger partial charge in [0.2, 0.25) is 0 Å². The number of nitrogens with zero attached hydrogens (tertiary/aromatic N) is 1. The number of hydrogen-bond donors (Lipinski definition) is 1. The first kappa shape index (κ1) is 13.3. The van der Waals surface area contributed by atoms with Gasteiger partial charge in [-0.15, -0.1) is 0 Å². The molecule has 0 aliphatic heterocycles. The maximum Gasteiger partial charge on any atom is 0.128 e. The van der Waals surface area contributed by atoms with Gasteiger partial charge in [-0.1, -0.05) is 6.42 Å². The van der Waals surface area contributed by atoms with Crippen LogP contribution >= 0.6 is 0 Å². The molecule has 1 saturated carbocycles. The lowest BCUT2D eigenvalue weighted by molar-refractivity contribution is 0.234. The molecule has 1 fully saturated rings. The lowest BCUT2D eigenvalue weighted by Gasteiger charge is -2.33. The number of ether oxygens (including phenoxy) is 1. The van der Waals surface area contributed by atoms with Gasteiger partial charge in [-0.25, -0.2) is 0 Å². The van der Waals surface area contributed by atoms with Crippen molar-refractivity contribution in [3.05, 3.63) is 23.0 Å². The van der Waals surface area contributed by atoms with E-state index in [1.54, 1.807) is 7.11 Å². The van der Waals surface area contributed by atoms with Crippen LogP contribution in [0.1, 0.15) is 36.1 Å². The molecule has 1 aromatic heterocycles. The van der Waals surface area contributed by atoms with Gasteiger partial charge in [-0.2, -0.15) is 0 Å². The summed E-state index contributed by atoms with van der Waals surface area (Å²) in [6.45, 7) is 4.16. The van der Waals surface area contributed by atoms with E-state index in [0.717, 1.165) is 23.7 Å². The molecule has 3 heteroatoms. The summed E-state index contributed by atoms with van der Waals surface area (Å²) in [4.78, 5) is 4.59. The molecule has 1 unspecified atom stereocenters. The van der Waals surface area contributed by atoms with Crippen LogP contribution in [0.2, 0.25) is 0 Å². The van der Waals surface area contributed by atoms with Gasteiger partial charge in [0, 0.05) is 35.5 Å². The van der Waals surface area contributed by atoms with E-state index in [9.17, 15) is 0 Å². The highest BCUT2D eigenvalue weighted by Crippen LogP contribution is 2.32. The minimum absolute atomic E-state index is 0.553. The molecule has 1 aliphatic carbocycles. The second-order valence-electron chi connectivity index (χ2n) is 5.34. The number of aromatic nitrogens is 1. The molecule has 1 aliphatic rings. The van der Waals surface area contributed by atoms with Crippen molar-refractivity contribution in [2.45, 2.75) is 45.6 Å². The van der Waals surface area contributed by atoms with Crippen molar-refractivity contribution in [1.82, 2.24) is 10.3 Å². The van der Waals surface area contributed by atoms with E-state index in [2.05, 4.69) is 24.3 Å². The van der Waals surface area contributed by atoms with E-state index in [1.807, 2.05) is 13.1 Å². The number of hydrogen-bond acceptors (Lipinski definition) is 3. The Hall–Kier alpha value is -1.09. The number of methoxy groups -OCH3 is 1. The van der Waals surface area contributed by atoms with Crippen LogP contribution < -0.4 is 10.1 Å². The van der Waals surface area contributed by atoms with Crippen LogP contribution in [0.25, 0.3) is 0 Å². The molecule has 1 atom stereocenters. The third-order valence-corrected chi connectivity index (χ3v) is 4.25. The maximum atomic E-state index is 5.47. The fraction of sp³-hybridized carbons (Fsp3) is 0.667. The lowest BCUT2D eigenvalue weighted by atomic mass is 9.78. The highest BCUT2D eigenvalue weighted by molar-refractivity contribution is 5.41. The second kappa shape index (κ2) is 5.70. The van der Waals surface area contributed by atoms with Crippen LogP contribution in [0.5, 0.6) is 5.75 Å². The molecule has 1 N–H and O–H groups in total. The Kier molecular flexibility index (Phi) is 4.23. The predicted molar refractivity (Wildman–Crippen MR) is 74.2 cm³/mol. The minimum Gasteiger partial charge on any atom is -0.496 e. The normalized spacial score (nSPS) is 17.3. The van der Waals surface area contributed by atoms with Crippen LogP contribution in [-0.4, -0.2) is 25.2 Å². The highest BCUT2D eigenvalue weighted by atomic mass is 16.5. The van der Waals surface area contributed by atoms with Gasteiger partial charge in [-0.3, -0.25) is 4.98 Å². The summed E-state index contributed by atoms with van der Waals surface area (Å²) in [7, 11) is 3.80. The van der Waals surface area contributed by atoms with E-state index in [1.165, 1.54) is 30.5 Å². The lowest BCUT2D eigenvalue weighted by Crippen LogP contribution is -2.39. The van der Waals surface area contributed by atoms with E-state index < -0.39 is 0 Å². The Balaban J connectivity index is 2.17. The van der Waals surface area contributed by atoms with Crippen molar-refractivity contribution in [2.75, 3.05) is 14.2 Å². The largest absolute Gasteiger partial charge is 0.496 e. The van der Waals surface area contributed by atoms with Crippen LogP contribution in [0.3, 0.4) is 0 Å². The van der Waals surface area contributed by atoms with Gasteiger partial charge in [0.1, 0.15) is 5.75 Å². The topological polar surface area (TPSA) is 34.2 Å². The fourth-order valence-corrected chi connectivity index (χ4v) is 2.83. The van der Waals surface area contributed by atoms with Crippen LogP contribution in [0, 0.1) is 19.8 Å². The predicted octanol–water partition coefficient (Wildman–Crippen LogP) is 2.64. The van der Waals surface area contributed by atoms with Gasteiger partial charge < -0.3 is 10.1 Å². The molecule has 2 rings (SSSR count). The summed E-state index contributed by atoms with van der Waals surface area (Å²) in [5.41, 5.74) is 3.48. The average Bonchev–Trinajstić information content (AvgIpc) is 2.29. The van der Waals surface area contributed by atoms with Gasteiger partial charge in [0.25, 0.3) is 0 Å². The van der Waals surface area contributed by atoms with E-state index >= 15 is 0 Å². The summed E-state index contributed by atoms with van der Waals surface area (Å²) in [6.07, 6.45) is 7.02. The first-order chi connectivity index (χ1) is 8.67. The SMILES string of the molecule is CNC(Cc1ncc(C)c(OC)c1C)C1CCC1. The Labute approximate surface area is 110 Å². The van der Waals surface area contributed by atoms with Crippen molar-refractivity contribution < 1.29 is 4.74 Å². The Morgan fingerprint density at radius 2 is 2.17 bits per heavy atom. The van der Waals surface area contributed by atoms with Crippen LogP contribution in [0.4, 0.5) is 0 Å². The standard InChI is InChI=1S/C15H24N2O/c1-10-9-17-13(11(2)15(10)18-4)8-14(16-3)12-6-5-7-12/h9,12,14,16H,5-8H2,1-4H3. The van der Waals surface area contributed by atoms with Gasteiger partial charge in [0.05, 0.1) is 7.11 Å². The molecule has 0 saturated heterocycles.